The van der Waals surface area contributed by atoms with Gasteiger partial charge in [0.2, 0.25) is 0 Å². The van der Waals surface area contributed by atoms with Gasteiger partial charge < -0.3 is 19.5 Å². The third kappa shape index (κ3) is 6.19. The predicted molar refractivity (Wildman–Crippen MR) is 145 cm³/mol. The van der Waals surface area contributed by atoms with Crippen LogP contribution in [-0.2, 0) is 20.9 Å². The highest BCUT2D eigenvalue weighted by Gasteiger charge is 2.45. The van der Waals surface area contributed by atoms with Crippen molar-refractivity contribution in [2.45, 2.75) is 19.1 Å². The molecule has 3 aromatic carbocycles. The van der Waals surface area contributed by atoms with Gasteiger partial charge in [0.25, 0.3) is 11.7 Å². The molecule has 0 radical (unpaired) electrons. The lowest BCUT2D eigenvalue weighted by Crippen LogP contribution is -2.38. The summed E-state index contributed by atoms with van der Waals surface area (Å²) < 4.78 is 25.0. The molecule has 0 aliphatic carbocycles. The van der Waals surface area contributed by atoms with Crippen molar-refractivity contribution in [2.75, 3.05) is 39.4 Å². The number of ether oxygens (including phenoxy) is 2. The Morgan fingerprint density at radius 2 is 1.62 bits per heavy atom. The molecule has 8 heteroatoms. The number of hydrogen-bond acceptors (Lipinski definition) is 6. The van der Waals surface area contributed by atoms with Crippen LogP contribution >= 0.6 is 0 Å². The van der Waals surface area contributed by atoms with Crippen molar-refractivity contribution >= 4 is 17.4 Å². The fraction of sp³-hybridized carbons (Fsp3) is 0.290. The van der Waals surface area contributed by atoms with Crippen molar-refractivity contribution in [1.82, 2.24) is 9.80 Å². The molecule has 2 aliphatic heterocycles. The van der Waals surface area contributed by atoms with Gasteiger partial charge in [-0.3, -0.25) is 14.5 Å². The molecule has 7 nitrogen and oxygen atoms in total. The first-order chi connectivity index (χ1) is 19.0. The molecule has 3 aromatic rings. The second-order valence-electron chi connectivity index (χ2n) is 9.65. The van der Waals surface area contributed by atoms with Crippen molar-refractivity contribution in [3.8, 4) is 5.75 Å². The molecule has 202 valence electrons. The highest BCUT2D eigenvalue weighted by molar-refractivity contribution is 6.46. The van der Waals surface area contributed by atoms with Crippen LogP contribution in [0.1, 0.15) is 29.2 Å². The summed E-state index contributed by atoms with van der Waals surface area (Å²) in [5.41, 5.74) is 1.97. The van der Waals surface area contributed by atoms with Crippen LogP contribution in [0.4, 0.5) is 4.39 Å². The van der Waals surface area contributed by atoms with Crippen LogP contribution in [0.3, 0.4) is 0 Å². The SMILES string of the molecule is O=C1C(=O)N(CCCN2CCOCC2)C(c2ccc(F)cc2)/C1=C(\O)c1ccc(OCc2ccccc2)cc1. The van der Waals surface area contributed by atoms with Gasteiger partial charge in [-0.25, -0.2) is 4.39 Å². The lowest BCUT2D eigenvalue weighted by molar-refractivity contribution is -0.140. The van der Waals surface area contributed by atoms with Crippen LogP contribution in [0.15, 0.2) is 84.4 Å². The van der Waals surface area contributed by atoms with Crippen molar-refractivity contribution in [2.24, 2.45) is 0 Å². The number of benzene rings is 3. The number of halogens is 1. The molecular weight excluding hydrogens is 499 g/mol. The first kappa shape index (κ1) is 26.6. The van der Waals surface area contributed by atoms with Gasteiger partial charge in [0, 0.05) is 31.7 Å². The third-order valence-electron chi connectivity index (χ3n) is 7.08. The summed E-state index contributed by atoms with van der Waals surface area (Å²) in [5.74, 6) is -1.51. The van der Waals surface area contributed by atoms with Gasteiger partial charge in [-0.1, -0.05) is 42.5 Å². The maximum atomic E-state index is 13.7. The largest absolute Gasteiger partial charge is 0.507 e. The molecule has 2 heterocycles. The van der Waals surface area contributed by atoms with Crippen molar-refractivity contribution in [1.29, 1.82) is 0 Å². The summed E-state index contributed by atoms with van der Waals surface area (Å²) in [6, 6.07) is 21.4. The first-order valence-corrected chi connectivity index (χ1v) is 13.1. The maximum Gasteiger partial charge on any atom is 0.295 e. The monoisotopic (exact) mass is 530 g/mol. The average molecular weight is 531 g/mol. The Balaban J connectivity index is 1.38. The summed E-state index contributed by atoms with van der Waals surface area (Å²) in [6.45, 7) is 4.48. The normalized spacial score (nSPS) is 19.4. The lowest BCUT2D eigenvalue weighted by atomic mass is 9.95. The lowest BCUT2D eigenvalue weighted by Gasteiger charge is -2.29. The number of amides is 1. The molecule has 39 heavy (non-hydrogen) atoms. The minimum atomic E-state index is -0.815. The number of likely N-dealkylation sites (tertiary alicyclic amines) is 1. The Hall–Kier alpha value is -4.01. The van der Waals surface area contributed by atoms with E-state index in [0.717, 1.165) is 25.2 Å². The van der Waals surface area contributed by atoms with E-state index in [4.69, 9.17) is 9.47 Å². The zero-order chi connectivity index (χ0) is 27.2. The summed E-state index contributed by atoms with van der Waals surface area (Å²) in [4.78, 5) is 30.1. The van der Waals surface area contributed by atoms with Crippen LogP contribution in [0.2, 0.25) is 0 Å². The zero-order valence-electron chi connectivity index (χ0n) is 21.6. The molecule has 1 unspecified atom stereocenters. The van der Waals surface area contributed by atoms with Crippen LogP contribution in [-0.4, -0.2) is 66.0 Å². The van der Waals surface area contributed by atoms with Gasteiger partial charge in [-0.2, -0.15) is 0 Å². The van der Waals surface area contributed by atoms with E-state index in [1.807, 2.05) is 30.3 Å². The number of ketones is 1. The van der Waals surface area contributed by atoms with Crippen LogP contribution in [0, 0.1) is 5.82 Å². The van der Waals surface area contributed by atoms with Crippen LogP contribution < -0.4 is 4.74 Å². The molecule has 0 saturated carbocycles. The van der Waals surface area contributed by atoms with E-state index in [1.54, 1.807) is 36.4 Å². The summed E-state index contributed by atoms with van der Waals surface area (Å²) in [7, 11) is 0. The Labute approximate surface area is 227 Å². The summed E-state index contributed by atoms with van der Waals surface area (Å²) in [5, 5.41) is 11.3. The number of carbonyl (C=O) groups excluding carboxylic acids is 2. The number of hydrogen-bond donors (Lipinski definition) is 1. The smallest absolute Gasteiger partial charge is 0.295 e. The minimum absolute atomic E-state index is 0.00376. The molecule has 2 saturated heterocycles. The number of morpholine rings is 1. The molecule has 5 rings (SSSR count). The van der Waals surface area contributed by atoms with Gasteiger partial charge in [-0.05, 0) is 53.9 Å². The molecular formula is C31H31FN2O5. The van der Waals surface area contributed by atoms with Crippen molar-refractivity contribution in [3.05, 3.63) is 107 Å². The van der Waals surface area contributed by atoms with E-state index < -0.39 is 23.5 Å². The van der Waals surface area contributed by atoms with E-state index in [1.165, 1.54) is 17.0 Å². The Morgan fingerprint density at radius 1 is 0.923 bits per heavy atom. The van der Waals surface area contributed by atoms with Gasteiger partial charge >= 0.3 is 0 Å². The van der Waals surface area contributed by atoms with E-state index in [2.05, 4.69) is 4.90 Å². The third-order valence-corrected chi connectivity index (χ3v) is 7.08. The van der Waals surface area contributed by atoms with Gasteiger partial charge in [0.05, 0.1) is 24.8 Å². The quantitative estimate of drug-likeness (QED) is 0.249. The number of aliphatic hydroxyl groups excluding tert-OH is 1. The predicted octanol–water partition coefficient (Wildman–Crippen LogP) is 4.55. The van der Waals surface area contributed by atoms with Gasteiger partial charge in [0.15, 0.2) is 0 Å². The highest BCUT2D eigenvalue weighted by atomic mass is 19.1. The maximum absolute atomic E-state index is 13.7. The van der Waals surface area contributed by atoms with Gasteiger partial charge in [-0.15, -0.1) is 0 Å². The standard InChI is InChI=1S/C31H31FN2O5/c32-25-11-7-23(8-12-25)28-27(30(36)31(37)34(28)16-4-15-33-17-19-38-20-18-33)29(35)24-9-13-26(14-10-24)39-21-22-5-2-1-3-6-22/h1-3,5-14,28,35H,4,15-21H2/b29-27+. The van der Waals surface area contributed by atoms with E-state index in [0.29, 0.717) is 49.7 Å². The van der Waals surface area contributed by atoms with Crippen molar-refractivity contribution in [3.63, 3.8) is 0 Å². The molecule has 0 spiro atoms. The van der Waals surface area contributed by atoms with Crippen LogP contribution in [0.5, 0.6) is 5.75 Å². The minimum Gasteiger partial charge on any atom is -0.507 e. The average Bonchev–Trinajstić information content (AvgIpc) is 3.22. The van der Waals surface area contributed by atoms with Crippen molar-refractivity contribution < 1.29 is 28.6 Å². The Bertz CT molecular complexity index is 1320. The van der Waals surface area contributed by atoms with Crippen LogP contribution in [0.25, 0.3) is 5.76 Å². The number of Topliss-reactive ketones (excluding diaryl/α,β-unsaturated/α-hetero) is 1. The number of nitrogens with zero attached hydrogens (tertiary/aromatic N) is 2. The number of carbonyl (C=O) groups is 2. The zero-order valence-corrected chi connectivity index (χ0v) is 21.6. The van der Waals surface area contributed by atoms with Gasteiger partial charge in [0.1, 0.15) is 23.9 Å². The highest BCUT2D eigenvalue weighted by Crippen LogP contribution is 2.39. The Kier molecular flexibility index (Phi) is 8.34. The topological polar surface area (TPSA) is 79.3 Å². The summed E-state index contributed by atoms with van der Waals surface area (Å²) >= 11 is 0. The molecule has 0 bridgehead atoms. The second kappa shape index (κ2) is 12.2. The molecule has 1 amide bonds. The summed E-state index contributed by atoms with van der Waals surface area (Å²) in [6.07, 6.45) is 0.651. The number of rotatable bonds is 9. The van der Waals surface area contributed by atoms with E-state index in [9.17, 15) is 19.1 Å². The fourth-order valence-electron chi connectivity index (χ4n) is 5.00. The molecule has 1 N–H and O–H groups in total. The molecule has 1 atom stereocenters. The second-order valence-corrected chi connectivity index (χ2v) is 9.65. The van der Waals surface area contributed by atoms with E-state index in [-0.39, 0.29) is 11.3 Å². The number of aliphatic hydroxyl groups is 1. The molecule has 0 aromatic heterocycles. The molecule has 2 aliphatic rings. The Morgan fingerprint density at radius 3 is 2.31 bits per heavy atom. The first-order valence-electron chi connectivity index (χ1n) is 13.1. The fourth-order valence-corrected chi connectivity index (χ4v) is 5.00. The molecule has 2 fully saturated rings. The van der Waals surface area contributed by atoms with E-state index >= 15 is 0 Å².